The number of aromatic nitrogens is 1. The van der Waals surface area contributed by atoms with Crippen LogP contribution in [0.4, 0.5) is 0 Å². The van der Waals surface area contributed by atoms with Crippen LogP contribution in [0, 0.1) is 5.41 Å². The Balaban J connectivity index is 2.13. The number of rotatable bonds is 3. The van der Waals surface area contributed by atoms with Crippen LogP contribution >= 0.6 is 11.3 Å². The average molecular weight is 212 g/mol. The lowest BCUT2D eigenvalue weighted by Gasteiger charge is -2.29. The molecule has 1 aromatic heterocycles. The molecular weight excluding hydrogens is 196 g/mol. The molecule has 0 spiro atoms. The van der Waals surface area contributed by atoms with E-state index >= 15 is 0 Å². The first-order valence-corrected chi connectivity index (χ1v) is 5.90. The molecule has 0 amide bonds. The van der Waals surface area contributed by atoms with Gasteiger partial charge in [0.15, 0.2) is 0 Å². The maximum Gasteiger partial charge on any atom is 0.0794 e. The third-order valence-electron chi connectivity index (χ3n) is 3.25. The highest BCUT2D eigenvalue weighted by Gasteiger charge is 2.40. The smallest absolute Gasteiger partial charge is 0.0794 e. The molecule has 0 saturated carbocycles. The summed E-state index contributed by atoms with van der Waals surface area (Å²) in [6.07, 6.45) is 2.27. The highest BCUT2D eigenvalue weighted by molar-refractivity contribution is 7.07. The van der Waals surface area contributed by atoms with Crippen molar-refractivity contribution in [2.24, 2.45) is 11.1 Å². The Morgan fingerprint density at radius 2 is 2.64 bits per heavy atom. The predicted octanol–water partition coefficient (Wildman–Crippen LogP) is 1.44. The molecule has 4 heteroatoms. The van der Waals surface area contributed by atoms with Crippen molar-refractivity contribution in [2.75, 3.05) is 13.2 Å². The molecule has 0 aliphatic carbocycles. The number of thiazole rings is 1. The van der Waals surface area contributed by atoms with Crippen molar-refractivity contribution in [1.82, 2.24) is 4.98 Å². The van der Waals surface area contributed by atoms with Gasteiger partial charge in [-0.25, -0.2) is 4.98 Å². The fourth-order valence-corrected chi connectivity index (χ4v) is 2.64. The lowest BCUT2D eigenvalue weighted by Crippen LogP contribution is -2.38. The van der Waals surface area contributed by atoms with E-state index in [4.69, 9.17) is 10.5 Å². The molecule has 2 N–H and O–H groups in total. The zero-order valence-electron chi connectivity index (χ0n) is 8.40. The molecule has 2 heterocycles. The zero-order chi connectivity index (χ0) is 10.0. The first kappa shape index (κ1) is 10.1. The molecule has 1 aliphatic heterocycles. The van der Waals surface area contributed by atoms with Gasteiger partial charge >= 0.3 is 0 Å². The van der Waals surface area contributed by atoms with Gasteiger partial charge in [-0.3, -0.25) is 0 Å². The molecule has 3 nitrogen and oxygen atoms in total. The first-order chi connectivity index (χ1) is 6.77. The van der Waals surface area contributed by atoms with E-state index in [0.29, 0.717) is 6.54 Å². The molecular formula is C10H16N2OS. The van der Waals surface area contributed by atoms with Crippen LogP contribution in [0.5, 0.6) is 0 Å². The SMILES string of the molecule is CC1OCCC1(CN)Cc1cscn1. The summed E-state index contributed by atoms with van der Waals surface area (Å²) < 4.78 is 5.60. The average Bonchev–Trinajstić information content (AvgIpc) is 2.79. The van der Waals surface area contributed by atoms with Crippen molar-refractivity contribution in [3.8, 4) is 0 Å². The fraction of sp³-hybridized carbons (Fsp3) is 0.700. The van der Waals surface area contributed by atoms with Gasteiger partial charge in [0.25, 0.3) is 0 Å². The molecule has 1 aliphatic rings. The summed E-state index contributed by atoms with van der Waals surface area (Å²) in [5, 5.41) is 2.10. The molecule has 1 aromatic rings. The summed E-state index contributed by atoms with van der Waals surface area (Å²) in [5.41, 5.74) is 9.02. The normalized spacial score (nSPS) is 32.3. The minimum atomic E-state index is 0.119. The maximum absolute atomic E-state index is 5.87. The molecule has 1 fully saturated rings. The number of ether oxygens (including phenoxy) is 1. The van der Waals surface area contributed by atoms with Crippen LogP contribution < -0.4 is 5.73 Å². The second-order valence-corrected chi connectivity index (χ2v) is 4.70. The van der Waals surface area contributed by atoms with Crippen molar-refractivity contribution in [3.05, 3.63) is 16.6 Å². The van der Waals surface area contributed by atoms with E-state index in [2.05, 4.69) is 17.3 Å². The van der Waals surface area contributed by atoms with Gasteiger partial charge < -0.3 is 10.5 Å². The van der Waals surface area contributed by atoms with E-state index in [1.807, 2.05) is 5.51 Å². The lowest BCUT2D eigenvalue weighted by atomic mass is 9.78. The molecule has 1 saturated heterocycles. The quantitative estimate of drug-likeness (QED) is 0.824. The number of nitrogens with zero attached hydrogens (tertiary/aromatic N) is 1. The Bertz CT molecular complexity index is 288. The Labute approximate surface area is 88.3 Å². The molecule has 2 rings (SSSR count). The minimum absolute atomic E-state index is 0.119. The molecule has 14 heavy (non-hydrogen) atoms. The molecule has 0 aromatic carbocycles. The van der Waals surface area contributed by atoms with Gasteiger partial charge in [0.2, 0.25) is 0 Å². The third kappa shape index (κ3) is 1.69. The van der Waals surface area contributed by atoms with Gasteiger partial charge in [-0.05, 0) is 19.8 Å². The standard InChI is InChI=1S/C10H16N2OS/c1-8-10(6-11,2-3-13-8)4-9-5-14-7-12-9/h5,7-8H,2-4,6,11H2,1H3. The van der Waals surface area contributed by atoms with Crippen LogP contribution in [0.3, 0.4) is 0 Å². The van der Waals surface area contributed by atoms with Crippen LogP contribution in [0.1, 0.15) is 19.0 Å². The predicted molar refractivity (Wildman–Crippen MR) is 57.3 cm³/mol. The summed E-state index contributed by atoms with van der Waals surface area (Å²) >= 11 is 1.64. The Hall–Kier alpha value is -0.450. The number of nitrogens with two attached hydrogens (primary N) is 1. The summed E-state index contributed by atoms with van der Waals surface area (Å²) in [6.45, 7) is 3.64. The number of hydrogen-bond acceptors (Lipinski definition) is 4. The van der Waals surface area contributed by atoms with Gasteiger partial charge in [-0.2, -0.15) is 0 Å². The first-order valence-electron chi connectivity index (χ1n) is 4.95. The Morgan fingerprint density at radius 1 is 1.79 bits per heavy atom. The van der Waals surface area contributed by atoms with Crippen molar-refractivity contribution < 1.29 is 4.74 Å². The van der Waals surface area contributed by atoms with Crippen molar-refractivity contribution in [1.29, 1.82) is 0 Å². The minimum Gasteiger partial charge on any atom is -0.378 e. The van der Waals surface area contributed by atoms with Crippen LogP contribution in [0.25, 0.3) is 0 Å². The zero-order valence-corrected chi connectivity index (χ0v) is 9.22. The van der Waals surface area contributed by atoms with Crippen LogP contribution in [0.15, 0.2) is 10.9 Å². The molecule has 78 valence electrons. The second kappa shape index (κ2) is 3.96. The van der Waals surface area contributed by atoms with E-state index in [-0.39, 0.29) is 11.5 Å². The maximum atomic E-state index is 5.87. The monoisotopic (exact) mass is 212 g/mol. The Kier molecular flexibility index (Phi) is 2.85. The highest BCUT2D eigenvalue weighted by atomic mass is 32.1. The molecule has 0 radical (unpaired) electrons. The van der Waals surface area contributed by atoms with Gasteiger partial charge in [-0.15, -0.1) is 11.3 Å². The van der Waals surface area contributed by atoms with Gasteiger partial charge in [0.1, 0.15) is 0 Å². The molecule has 2 unspecified atom stereocenters. The van der Waals surface area contributed by atoms with E-state index in [1.165, 1.54) is 0 Å². The van der Waals surface area contributed by atoms with Crippen LogP contribution in [0.2, 0.25) is 0 Å². The van der Waals surface area contributed by atoms with E-state index in [9.17, 15) is 0 Å². The largest absolute Gasteiger partial charge is 0.378 e. The van der Waals surface area contributed by atoms with Crippen molar-refractivity contribution >= 4 is 11.3 Å². The summed E-state index contributed by atoms with van der Waals surface area (Å²) in [6, 6.07) is 0. The lowest BCUT2D eigenvalue weighted by molar-refractivity contribution is 0.0670. The van der Waals surface area contributed by atoms with Gasteiger partial charge in [-0.1, -0.05) is 0 Å². The van der Waals surface area contributed by atoms with E-state index in [1.54, 1.807) is 11.3 Å². The topological polar surface area (TPSA) is 48.1 Å². The Morgan fingerprint density at radius 3 is 3.14 bits per heavy atom. The van der Waals surface area contributed by atoms with Crippen molar-refractivity contribution in [3.63, 3.8) is 0 Å². The van der Waals surface area contributed by atoms with Gasteiger partial charge in [0.05, 0.1) is 17.3 Å². The van der Waals surface area contributed by atoms with Crippen molar-refractivity contribution in [2.45, 2.75) is 25.9 Å². The fourth-order valence-electron chi connectivity index (χ4n) is 2.08. The van der Waals surface area contributed by atoms with E-state index in [0.717, 1.165) is 25.1 Å². The van der Waals surface area contributed by atoms with Crippen LogP contribution in [-0.2, 0) is 11.2 Å². The molecule has 0 bridgehead atoms. The second-order valence-electron chi connectivity index (χ2n) is 3.99. The van der Waals surface area contributed by atoms with Crippen LogP contribution in [-0.4, -0.2) is 24.2 Å². The van der Waals surface area contributed by atoms with Gasteiger partial charge in [0, 0.05) is 23.9 Å². The summed E-state index contributed by atoms with van der Waals surface area (Å²) in [5.74, 6) is 0. The third-order valence-corrected chi connectivity index (χ3v) is 3.89. The number of hydrogen-bond donors (Lipinski definition) is 1. The molecule has 2 atom stereocenters. The summed E-state index contributed by atoms with van der Waals surface area (Å²) in [4.78, 5) is 4.31. The van der Waals surface area contributed by atoms with E-state index < -0.39 is 0 Å². The highest BCUT2D eigenvalue weighted by Crippen LogP contribution is 2.37. The summed E-state index contributed by atoms with van der Waals surface area (Å²) in [7, 11) is 0.